The van der Waals surface area contributed by atoms with Crippen molar-refractivity contribution in [1.82, 2.24) is 5.32 Å². The van der Waals surface area contributed by atoms with Gasteiger partial charge in [0.1, 0.15) is 5.75 Å². The first kappa shape index (κ1) is 13.9. The molecule has 2 rings (SSSR count). The molecule has 104 valence electrons. The second-order valence-electron chi connectivity index (χ2n) is 4.80. The molecule has 1 atom stereocenters. The van der Waals surface area contributed by atoms with E-state index in [2.05, 4.69) is 5.32 Å². The summed E-state index contributed by atoms with van der Waals surface area (Å²) < 4.78 is 22.5. The Morgan fingerprint density at radius 3 is 2.74 bits per heavy atom. The van der Waals surface area contributed by atoms with Gasteiger partial charge in [0, 0.05) is 12.5 Å². The minimum atomic E-state index is -2.97. The van der Waals surface area contributed by atoms with Gasteiger partial charge in [0.25, 0.3) is 0 Å². The highest BCUT2D eigenvalue weighted by molar-refractivity contribution is 7.91. The quantitative estimate of drug-likeness (QED) is 0.849. The van der Waals surface area contributed by atoms with Crippen LogP contribution in [0.25, 0.3) is 0 Å². The summed E-state index contributed by atoms with van der Waals surface area (Å²) in [6.45, 7) is 0. The summed E-state index contributed by atoms with van der Waals surface area (Å²) in [4.78, 5) is 11.7. The van der Waals surface area contributed by atoms with Crippen LogP contribution in [-0.2, 0) is 21.1 Å². The zero-order valence-corrected chi connectivity index (χ0v) is 11.3. The fourth-order valence-corrected chi connectivity index (χ4v) is 3.85. The molecular formula is C13H17NO4S. The van der Waals surface area contributed by atoms with E-state index in [1.807, 2.05) is 0 Å². The van der Waals surface area contributed by atoms with Crippen LogP contribution >= 0.6 is 0 Å². The van der Waals surface area contributed by atoms with Crippen LogP contribution in [0.2, 0.25) is 0 Å². The highest BCUT2D eigenvalue weighted by Gasteiger charge is 2.28. The zero-order chi connectivity index (χ0) is 13.9. The number of hydrogen-bond donors (Lipinski definition) is 2. The first-order valence-electron chi connectivity index (χ1n) is 6.23. The molecule has 1 saturated heterocycles. The SMILES string of the molecule is O=C(CCc1ccccc1O)N[C@H]1CCS(=O)(=O)C1. The van der Waals surface area contributed by atoms with Gasteiger partial charge in [-0.15, -0.1) is 0 Å². The minimum Gasteiger partial charge on any atom is -0.508 e. The van der Waals surface area contributed by atoms with Crippen molar-refractivity contribution in [1.29, 1.82) is 0 Å². The number of aromatic hydroxyl groups is 1. The van der Waals surface area contributed by atoms with Crippen LogP contribution in [0.5, 0.6) is 5.75 Å². The van der Waals surface area contributed by atoms with Crippen LogP contribution in [0.3, 0.4) is 0 Å². The van der Waals surface area contributed by atoms with Crippen molar-refractivity contribution in [2.75, 3.05) is 11.5 Å². The number of amides is 1. The van der Waals surface area contributed by atoms with Gasteiger partial charge in [-0.05, 0) is 24.5 Å². The van der Waals surface area contributed by atoms with Crippen molar-refractivity contribution in [3.05, 3.63) is 29.8 Å². The number of rotatable bonds is 4. The van der Waals surface area contributed by atoms with E-state index in [-0.39, 0.29) is 35.6 Å². The molecule has 1 aromatic rings. The van der Waals surface area contributed by atoms with Gasteiger partial charge < -0.3 is 10.4 Å². The smallest absolute Gasteiger partial charge is 0.220 e. The Morgan fingerprint density at radius 1 is 1.37 bits per heavy atom. The molecule has 1 aromatic carbocycles. The molecule has 19 heavy (non-hydrogen) atoms. The normalized spacial score (nSPS) is 21.2. The van der Waals surface area contributed by atoms with Gasteiger partial charge in [-0.2, -0.15) is 0 Å². The maximum atomic E-state index is 11.7. The third kappa shape index (κ3) is 3.96. The fourth-order valence-electron chi connectivity index (χ4n) is 2.18. The van der Waals surface area contributed by atoms with E-state index in [0.29, 0.717) is 12.8 Å². The number of aryl methyl sites for hydroxylation is 1. The van der Waals surface area contributed by atoms with E-state index in [4.69, 9.17) is 0 Å². The summed E-state index contributed by atoms with van der Waals surface area (Å²) in [5.41, 5.74) is 0.719. The van der Waals surface area contributed by atoms with Gasteiger partial charge in [-0.1, -0.05) is 18.2 Å². The lowest BCUT2D eigenvalue weighted by Crippen LogP contribution is -2.35. The standard InChI is InChI=1S/C13H17NO4S/c15-12-4-2-1-3-10(12)5-6-13(16)14-11-7-8-19(17,18)9-11/h1-4,11,15H,5-9H2,(H,14,16)/t11-/m0/s1. The van der Waals surface area contributed by atoms with Crippen molar-refractivity contribution in [2.24, 2.45) is 0 Å². The Kier molecular flexibility index (Phi) is 4.09. The average Bonchev–Trinajstić information content (AvgIpc) is 2.67. The first-order valence-corrected chi connectivity index (χ1v) is 8.05. The molecule has 1 amide bonds. The monoisotopic (exact) mass is 283 g/mol. The number of nitrogens with one attached hydrogen (secondary N) is 1. The molecule has 0 saturated carbocycles. The van der Waals surface area contributed by atoms with Crippen molar-refractivity contribution in [3.63, 3.8) is 0 Å². The number of carbonyl (C=O) groups excluding carboxylic acids is 1. The number of hydrogen-bond acceptors (Lipinski definition) is 4. The largest absolute Gasteiger partial charge is 0.508 e. The highest BCUT2D eigenvalue weighted by Crippen LogP contribution is 2.17. The molecule has 2 N–H and O–H groups in total. The number of phenolic OH excluding ortho intramolecular Hbond substituents is 1. The Labute approximate surface area is 112 Å². The summed E-state index contributed by atoms with van der Waals surface area (Å²) in [6.07, 6.45) is 1.18. The summed E-state index contributed by atoms with van der Waals surface area (Å²) in [6, 6.07) is 6.61. The molecule has 1 aliphatic heterocycles. The number of benzene rings is 1. The lowest BCUT2D eigenvalue weighted by molar-refractivity contribution is -0.121. The predicted molar refractivity (Wildman–Crippen MR) is 71.6 cm³/mol. The summed E-state index contributed by atoms with van der Waals surface area (Å²) >= 11 is 0. The molecular weight excluding hydrogens is 266 g/mol. The third-order valence-corrected chi connectivity index (χ3v) is 4.98. The molecule has 0 unspecified atom stereocenters. The van der Waals surface area contributed by atoms with Crippen LogP contribution < -0.4 is 5.32 Å². The predicted octanol–water partition coefficient (Wildman–Crippen LogP) is 0.628. The van der Waals surface area contributed by atoms with E-state index in [1.54, 1.807) is 24.3 Å². The van der Waals surface area contributed by atoms with Gasteiger partial charge in [0.05, 0.1) is 11.5 Å². The van der Waals surface area contributed by atoms with Crippen molar-refractivity contribution >= 4 is 15.7 Å². The van der Waals surface area contributed by atoms with E-state index in [9.17, 15) is 18.3 Å². The van der Waals surface area contributed by atoms with E-state index in [1.165, 1.54) is 0 Å². The van der Waals surface area contributed by atoms with Crippen molar-refractivity contribution in [2.45, 2.75) is 25.3 Å². The molecule has 0 radical (unpaired) electrons. The van der Waals surface area contributed by atoms with E-state index in [0.717, 1.165) is 5.56 Å². The zero-order valence-electron chi connectivity index (χ0n) is 10.5. The van der Waals surface area contributed by atoms with Crippen molar-refractivity contribution in [3.8, 4) is 5.75 Å². The number of carbonyl (C=O) groups is 1. The summed E-state index contributed by atoms with van der Waals surface area (Å²) in [5, 5.41) is 12.3. The first-order chi connectivity index (χ1) is 8.96. The highest BCUT2D eigenvalue weighted by atomic mass is 32.2. The van der Waals surface area contributed by atoms with Gasteiger partial charge in [0.15, 0.2) is 9.84 Å². The van der Waals surface area contributed by atoms with Gasteiger partial charge >= 0.3 is 0 Å². The average molecular weight is 283 g/mol. The Bertz CT molecular complexity index is 568. The van der Waals surface area contributed by atoms with Crippen LogP contribution in [0, 0.1) is 0 Å². The molecule has 6 heteroatoms. The van der Waals surface area contributed by atoms with Gasteiger partial charge in [0.2, 0.25) is 5.91 Å². The molecule has 1 fully saturated rings. The number of para-hydroxylation sites is 1. The third-order valence-electron chi connectivity index (χ3n) is 3.21. The molecule has 0 spiro atoms. The van der Waals surface area contributed by atoms with Crippen LogP contribution in [0.4, 0.5) is 0 Å². The summed E-state index contributed by atoms with van der Waals surface area (Å²) in [5.74, 6) is 0.191. The maximum Gasteiger partial charge on any atom is 0.220 e. The Balaban J connectivity index is 1.81. The second-order valence-corrected chi connectivity index (χ2v) is 7.02. The molecule has 0 aliphatic carbocycles. The molecule has 5 nitrogen and oxygen atoms in total. The minimum absolute atomic E-state index is 0.0370. The lowest BCUT2D eigenvalue weighted by Gasteiger charge is -2.11. The second kappa shape index (κ2) is 5.61. The Morgan fingerprint density at radius 2 is 2.11 bits per heavy atom. The Hall–Kier alpha value is -1.56. The maximum absolute atomic E-state index is 11.7. The molecule has 0 aromatic heterocycles. The van der Waals surface area contributed by atoms with Crippen LogP contribution in [0.15, 0.2) is 24.3 Å². The van der Waals surface area contributed by atoms with E-state index >= 15 is 0 Å². The number of phenols is 1. The topological polar surface area (TPSA) is 83.5 Å². The fraction of sp³-hybridized carbons (Fsp3) is 0.462. The van der Waals surface area contributed by atoms with Crippen LogP contribution in [-0.4, -0.2) is 37.0 Å². The number of sulfone groups is 1. The van der Waals surface area contributed by atoms with E-state index < -0.39 is 9.84 Å². The van der Waals surface area contributed by atoms with Crippen LogP contribution in [0.1, 0.15) is 18.4 Å². The summed E-state index contributed by atoms with van der Waals surface area (Å²) in [7, 11) is -2.97. The molecule has 1 heterocycles. The molecule has 0 bridgehead atoms. The van der Waals surface area contributed by atoms with Crippen molar-refractivity contribution < 1.29 is 18.3 Å². The van der Waals surface area contributed by atoms with Gasteiger partial charge in [-0.25, -0.2) is 8.42 Å². The molecule has 1 aliphatic rings. The van der Waals surface area contributed by atoms with Gasteiger partial charge in [-0.3, -0.25) is 4.79 Å². The lowest BCUT2D eigenvalue weighted by atomic mass is 10.1.